The predicted octanol–water partition coefficient (Wildman–Crippen LogP) is 0.833. The molecule has 0 heterocycles. The first-order valence-electron chi connectivity index (χ1n) is 5.37. The van der Waals surface area contributed by atoms with Crippen LogP contribution < -0.4 is 11.5 Å². The standard InChI is InChI=1S/C12H17N3O2/c1-8(2)10(13)12(16)17-15-11(14)9-6-4-3-5-7-9/h3-8,10H,13H2,1-2H3,(H2,14,15)/t10-/m0/s1. The van der Waals surface area contributed by atoms with Crippen LogP contribution in [-0.2, 0) is 9.63 Å². The van der Waals surface area contributed by atoms with Crippen LogP contribution in [0.15, 0.2) is 35.5 Å². The normalized spacial score (nSPS) is 13.5. The molecule has 1 rings (SSSR count). The first kappa shape index (κ1) is 13.2. The number of nitrogens with zero attached hydrogens (tertiary/aromatic N) is 1. The van der Waals surface area contributed by atoms with Gasteiger partial charge in [0.1, 0.15) is 6.04 Å². The molecule has 92 valence electrons. The summed E-state index contributed by atoms with van der Waals surface area (Å²) < 4.78 is 0. The molecular weight excluding hydrogens is 218 g/mol. The molecule has 0 radical (unpaired) electrons. The molecule has 0 bridgehead atoms. The van der Waals surface area contributed by atoms with Gasteiger partial charge in [0, 0.05) is 5.56 Å². The third-order valence-electron chi connectivity index (χ3n) is 2.29. The molecule has 0 aliphatic carbocycles. The van der Waals surface area contributed by atoms with Gasteiger partial charge in [0.25, 0.3) is 0 Å². The lowest BCUT2D eigenvalue weighted by atomic mass is 10.1. The highest BCUT2D eigenvalue weighted by atomic mass is 16.7. The molecule has 0 saturated heterocycles. The van der Waals surface area contributed by atoms with Crippen LogP contribution in [0.25, 0.3) is 0 Å². The molecule has 4 N–H and O–H groups in total. The number of carbonyl (C=O) groups excluding carboxylic acids is 1. The molecule has 0 aliphatic rings. The second kappa shape index (κ2) is 6.00. The maximum Gasteiger partial charge on any atom is 0.351 e. The van der Waals surface area contributed by atoms with Gasteiger partial charge < -0.3 is 16.3 Å². The van der Waals surface area contributed by atoms with Crippen molar-refractivity contribution in [1.82, 2.24) is 0 Å². The average Bonchev–Trinajstić information content (AvgIpc) is 2.35. The van der Waals surface area contributed by atoms with Gasteiger partial charge in [0.15, 0.2) is 5.84 Å². The van der Waals surface area contributed by atoms with Gasteiger partial charge in [-0.2, -0.15) is 0 Å². The number of nitrogens with two attached hydrogens (primary N) is 2. The van der Waals surface area contributed by atoms with Gasteiger partial charge in [-0.05, 0) is 5.92 Å². The lowest BCUT2D eigenvalue weighted by molar-refractivity contribution is -0.146. The molecule has 5 nitrogen and oxygen atoms in total. The van der Waals surface area contributed by atoms with E-state index in [0.717, 1.165) is 0 Å². The fraction of sp³-hybridized carbons (Fsp3) is 0.333. The molecular formula is C12H17N3O2. The molecule has 17 heavy (non-hydrogen) atoms. The Morgan fingerprint density at radius 1 is 1.29 bits per heavy atom. The van der Waals surface area contributed by atoms with E-state index in [0.29, 0.717) is 5.56 Å². The summed E-state index contributed by atoms with van der Waals surface area (Å²) in [6.07, 6.45) is 0. The molecule has 0 fully saturated rings. The zero-order chi connectivity index (χ0) is 12.8. The van der Waals surface area contributed by atoms with Crippen LogP contribution in [-0.4, -0.2) is 17.8 Å². The first-order chi connectivity index (χ1) is 8.02. The highest BCUT2D eigenvalue weighted by Gasteiger charge is 2.19. The SMILES string of the molecule is CC(C)[C@H](N)C(=O)ON=C(N)c1ccccc1. The summed E-state index contributed by atoms with van der Waals surface area (Å²) in [5, 5.41) is 3.56. The number of hydrogen-bond acceptors (Lipinski definition) is 4. The smallest absolute Gasteiger partial charge is 0.351 e. The highest BCUT2D eigenvalue weighted by molar-refractivity contribution is 5.97. The molecule has 1 atom stereocenters. The Balaban J connectivity index is 2.63. The van der Waals surface area contributed by atoms with Gasteiger partial charge >= 0.3 is 5.97 Å². The topological polar surface area (TPSA) is 90.7 Å². The number of hydrogen-bond donors (Lipinski definition) is 2. The van der Waals surface area contributed by atoms with Gasteiger partial charge in [-0.15, -0.1) is 0 Å². The minimum absolute atomic E-state index is 0.00403. The lowest BCUT2D eigenvalue weighted by Gasteiger charge is -2.11. The Morgan fingerprint density at radius 2 is 1.88 bits per heavy atom. The monoisotopic (exact) mass is 235 g/mol. The van der Waals surface area contributed by atoms with E-state index in [1.807, 2.05) is 32.0 Å². The lowest BCUT2D eigenvalue weighted by Crippen LogP contribution is -2.36. The molecule has 0 spiro atoms. The van der Waals surface area contributed by atoms with Crippen LogP contribution in [0.5, 0.6) is 0 Å². The minimum atomic E-state index is -0.692. The summed E-state index contributed by atoms with van der Waals surface area (Å²) in [6.45, 7) is 3.66. The molecule has 1 aromatic carbocycles. The van der Waals surface area contributed by atoms with Gasteiger partial charge in [-0.1, -0.05) is 49.3 Å². The van der Waals surface area contributed by atoms with Crippen molar-refractivity contribution in [3.05, 3.63) is 35.9 Å². The summed E-state index contributed by atoms with van der Waals surface area (Å²) in [5.41, 5.74) is 11.9. The molecule has 0 amide bonds. The van der Waals surface area contributed by atoms with Gasteiger partial charge in [0.05, 0.1) is 0 Å². The summed E-state index contributed by atoms with van der Waals surface area (Å²) in [6, 6.07) is 8.35. The second-order valence-corrected chi connectivity index (χ2v) is 4.02. The average molecular weight is 235 g/mol. The van der Waals surface area contributed by atoms with Crippen molar-refractivity contribution in [2.24, 2.45) is 22.5 Å². The van der Waals surface area contributed by atoms with E-state index in [1.165, 1.54) is 0 Å². The van der Waals surface area contributed by atoms with Crippen molar-refractivity contribution in [3.8, 4) is 0 Å². The largest absolute Gasteiger partial charge is 0.380 e. The third-order valence-corrected chi connectivity index (χ3v) is 2.29. The zero-order valence-corrected chi connectivity index (χ0v) is 9.96. The van der Waals surface area contributed by atoms with Crippen LogP contribution in [0.2, 0.25) is 0 Å². The Hall–Kier alpha value is -1.88. The summed E-state index contributed by atoms with van der Waals surface area (Å²) in [7, 11) is 0. The Kier molecular flexibility index (Phi) is 4.66. The van der Waals surface area contributed by atoms with E-state index in [9.17, 15) is 4.79 Å². The zero-order valence-electron chi connectivity index (χ0n) is 9.96. The van der Waals surface area contributed by atoms with Crippen LogP contribution in [0.4, 0.5) is 0 Å². The Bertz CT molecular complexity index is 401. The van der Waals surface area contributed by atoms with Crippen molar-refractivity contribution in [2.75, 3.05) is 0 Å². The van der Waals surface area contributed by atoms with Crippen molar-refractivity contribution in [3.63, 3.8) is 0 Å². The maximum atomic E-state index is 11.4. The molecule has 0 saturated carbocycles. The third kappa shape index (κ3) is 3.88. The molecule has 0 aliphatic heterocycles. The number of oxime groups is 1. The Morgan fingerprint density at radius 3 is 2.41 bits per heavy atom. The number of rotatable bonds is 4. The second-order valence-electron chi connectivity index (χ2n) is 4.02. The number of carbonyl (C=O) groups is 1. The Labute approximate surface area is 100 Å². The van der Waals surface area contributed by atoms with Gasteiger partial charge in [-0.3, -0.25) is 0 Å². The maximum absolute atomic E-state index is 11.4. The van der Waals surface area contributed by atoms with Crippen molar-refractivity contribution < 1.29 is 9.63 Å². The first-order valence-corrected chi connectivity index (χ1v) is 5.37. The van der Waals surface area contributed by atoms with E-state index in [1.54, 1.807) is 12.1 Å². The quantitative estimate of drug-likeness (QED) is 0.350. The van der Waals surface area contributed by atoms with Crippen LogP contribution in [0.3, 0.4) is 0 Å². The fourth-order valence-electron chi connectivity index (χ4n) is 1.09. The van der Waals surface area contributed by atoms with Gasteiger partial charge in [-0.25, -0.2) is 4.79 Å². The summed E-state index contributed by atoms with van der Waals surface area (Å²) in [5.74, 6) is -0.440. The molecule has 0 unspecified atom stereocenters. The van der Waals surface area contributed by atoms with Crippen molar-refractivity contribution >= 4 is 11.8 Å². The molecule has 1 aromatic rings. The van der Waals surface area contributed by atoms with E-state index in [-0.39, 0.29) is 11.8 Å². The molecule has 5 heteroatoms. The number of amidine groups is 1. The summed E-state index contributed by atoms with van der Waals surface area (Å²) >= 11 is 0. The van der Waals surface area contributed by atoms with Crippen molar-refractivity contribution in [1.29, 1.82) is 0 Å². The fourth-order valence-corrected chi connectivity index (χ4v) is 1.09. The minimum Gasteiger partial charge on any atom is -0.380 e. The van der Waals surface area contributed by atoms with Crippen LogP contribution >= 0.6 is 0 Å². The van der Waals surface area contributed by atoms with E-state index < -0.39 is 12.0 Å². The van der Waals surface area contributed by atoms with E-state index in [2.05, 4.69) is 9.99 Å². The van der Waals surface area contributed by atoms with E-state index >= 15 is 0 Å². The number of benzene rings is 1. The van der Waals surface area contributed by atoms with Crippen molar-refractivity contribution in [2.45, 2.75) is 19.9 Å². The summed E-state index contributed by atoms with van der Waals surface area (Å²) in [4.78, 5) is 16.1. The van der Waals surface area contributed by atoms with E-state index in [4.69, 9.17) is 11.5 Å². The highest BCUT2D eigenvalue weighted by Crippen LogP contribution is 2.02. The van der Waals surface area contributed by atoms with Gasteiger partial charge in [0.2, 0.25) is 0 Å². The molecule has 0 aromatic heterocycles. The van der Waals surface area contributed by atoms with Crippen LogP contribution in [0, 0.1) is 5.92 Å². The van der Waals surface area contributed by atoms with Crippen LogP contribution in [0.1, 0.15) is 19.4 Å². The predicted molar refractivity (Wildman–Crippen MR) is 66.1 cm³/mol.